The van der Waals surface area contributed by atoms with Crippen molar-refractivity contribution >= 4 is 5.65 Å². The number of benzene rings is 1. The maximum Gasteiger partial charge on any atom is 0.433 e. The molecule has 1 aromatic carbocycles. The lowest BCUT2D eigenvalue weighted by Crippen LogP contribution is -2.13. The van der Waals surface area contributed by atoms with Crippen molar-refractivity contribution in [3.8, 4) is 34.5 Å². The standard InChI is InChI=1S/C17H10F3N5O3/c1-8-4-13(17(18,19)20)25-14(21-8)6-10(24-25)16-23-22-15(28-16)9-2-3-11-12(5-9)27-7-26-11/h2-6H,7H2,1H3. The molecule has 0 unspecified atom stereocenters. The highest BCUT2D eigenvalue weighted by molar-refractivity contribution is 5.62. The van der Waals surface area contributed by atoms with E-state index in [1.54, 1.807) is 18.2 Å². The normalized spacial score (nSPS) is 13.4. The van der Waals surface area contributed by atoms with Gasteiger partial charge < -0.3 is 13.9 Å². The highest BCUT2D eigenvalue weighted by Crippen LogP contribution is 2.36. The monoisotopic (exact) mass is 389 g/mol. The number of ether oxygens (including phenoxy) is 2. The van der Waals surface area contributed by atoms with Gasteiger partial charge >= 0.3 is 6.18 Å². The molecule has 0 fully saturated rings. The molecular weight excluding hydrogens is 379 g/mol. The lowest BCUT2D eigenvalue weighted by Gasteiger charge is -2.08. The van der Waals surface area contributed by atoms with Crippen LogP contribution in [-0.2, 0) is 6.18 Å². The first kappa shape index (κ1) is 16.5. The Morgan fingerprint density at radius 3 is 2.61 bits per heavy atom. The van der Waals surface area contributed by atoms with Gasteiger partial charge in [0.05, 0.1) is 0 Å². The van der Waals surface area contributed by atoms with Gasteiger partial charge in [-0.2, -0.15) is 18.3 Å². The fourth-order valence-electron chi connectivity index (χ4n) is 2.88. The van der Waals surface area contributed by atoms with Crippen LogP contribution in [0.4, 0.5) is 13.2 Å². The first-order chi connectivity index (χ1) is 13.4. The molecule has 0 saturated heterocycles. The number of hydrogen-bond acceptors (Lipinski definition) is 7. The number of alkyl halides is 3. The zero-order chi connectivity index (χ0) is 19.5. The summed E-state index contributed by atoms with van der Waals surface area (Å²) in [6.07, 6.45) is -4.58. The Morgan fingerprint density at radius 2 is 1.79 bits per heavy atom. The van der Waals surface area contributed by atoms with Crippen molar-refractivity contribution in [1.29, 1.82) is 0 Å². The lowest BCUT2D eigenvalue weighted by molar-refractivity contribution is -0.142. The molecular formula is C17H10F3N5O3. The van der Waals surface area contributed by atoms with E-state index in [4.69, 9.17) is 13.9 Å². The highest BCUT2D eigenvalue weighted by Gasteiger charge is 2.35. The molecule has 0 aliphatic carbocycles. The maximum atomic E-state index is 13.3. The molecule has 0 atom stereocenters. The van der Waals surface area contributed by atoms with Crippen LogP contribution < -0.4 is 9.47 Å². The van der Waals surface area contributed by atoms with Gasteiger partial charge in [-0.05, 0) is 31.2 Å². The first-order valence-corrected chi connectivity index (χ1v) is 8.07. The van der Waals surface area contributed by atoms with Gasteiger partial charge in [0.2, 0.25) is 12.7 Å². The fraction of sp³-hybridized carbons (Fsp3) is 0.176. The molecule has 1 aliphatic heterocycles. The summed E-state index contributed by atoms with van der Waals surface area (Å²) in [5.41, 5.74) is -0.0143. The number of hydrogen-bond donors (Lipinski definition) is 0. The Hall–Kier alpha value is -3.63. The minimum Gasteiger partial charge on any atom is -0.454 e. The predicted octanol–water partition coefficient (Wildman–Crippen LogP) is 3.50. The van der Waals surface area contributed by atoms with Crippen LogP contribution in [0.25, 0.3) is 28.7 Å². The quantitative estimate of drug-likeness (QED) is 0.518. The largest absolute Gasteiger partial charge is 0.454 e. The summed E-state index contributed by atoms with van der Waals surface area (Å²) in [5.74, 6) is 1.29. The van der Waals surface area contributed by atoms with Gasteiger partial charge in [0, 0.05) is 17.3 Å². The van der Waals surface area contributed by atoms with Gasteiger partial charge in [0.25, 0.3) is 5.89 Å². The van der Waals surface area contributed by atoms with Crippen molar-refractivity contribution in [2.45, 2.75) is 13.1 Å². The van der Waals surface area contributed by atoms with E-state index >= 15 is 0 Å². The summed E-state index contributed by atoms with van der Waals surface area (Å²) in [6.45, 7) is 1.61. The van der Waals surface area contributed by atoms with E-state index in [1.165, 1.54) is 13.0 Å². The molecule has 0 radical (unpaired) electrons. The van der Waals surface area contributed by atoms with Crippen molar-refractivity contribution in [3.63, 3.8) is 0 Å². The number of rotatable bonds is 2. The number of halogens is 3. The third-order valence-electron chi connectivity index (χ3n) is 4.11. The van der Waals surface area contributed by atoms with Crippen molar-refractivity contribution in [1.82, 2.24) is 24.8 Å². The summed E-state index contributed by atoms with van der Waals surface area (Å²) in [5, 5.41) is 11.8. The molecule has 0 amide bonds. The minimum absolute atomic E-state index is 0.0241. The van der Waals surface area contributed by atoms with Crippen molar-refractivity contribution in [2.75, 3.05) is 6.79 Å². The summed E-state index contributed by atoms with van der Waals surface area (Å²) < 4.78 is 56.7. The molecule has 8 nitrogen and oxygen atoms in total. The van der Waals surface area contributed by atoms with E-state index in [2.05, 4.69) is 20.3 Å². The van der Waals surface area contributed by atoms with Gasteiger partial charge in [-0.1, -0.05) is 0 Å². The van der Waals surface area contributed by atoms with E-state index < -0.39 is 11.9 Å². The number of aryl methyl sites for hydroxylation is 1. The molecule has 28 heavy (non-hydrogen) atoms. The Morgan fingerprint density at radius 1 is 1.00 bits per heavy atom. The summed E-state index contributed by atoms with van der Waals surface area (Å²) in [4.78, 5) is 4.08. The minimum atomic E-state index is -4.58. The van der Waals surface area contributed by atoms with Gasteiger partial charge in [-0.3, -0.25) is 0 Å². The van der Waals surface area contributed by atoms with Gasteiger partial charge in [-0.15, -0.1) is 10.2 Å². The molecule has 142 valence electrons. The SMILES string of the molecule is Cc1cc(C(F)(F)F)n2nc(-c3nnc(-c4ccc5c(c4)OCO5)o3)cc2n1. The van der Waals surface area contributed by atoms with Crippen LogP contribution in [0.2, 0.25) is 0 Å². The molecule has 4 heterocycles. The van der Waals surface area contributed by atoms with E-state index in [0.29, 0.717) is 21.6 Å². The average molecular weight is 389 g/mol. The van der Waals surface area contributed by atoms with Crippen molar-refractivity contribution in [3.05, 3.63) is 41.7 Å². The van der Waals surface area contributed by atoms with Crippen LogP contribution in [0, 0.1) is 6.92 Å². The number of nitrogens with zero attached hydrogens (tertiary/aromatic N) is 5. The molecule has 0 bridgehead atoms. The molecule has 11 heteroatoms. The second kappa shape index (κ2) is 5.68. The van der Waals surface area contributed by atoms with Crippen LogP contribution in [0.15, 0.2) is 34.7 Å². The van der Waals surface area contributed by atoms with E-state index in [1.807, 2.05) is 0 Å². The topological polar surface area (TPSA) is 87.6 Å². The van der Waals surface area contributed by atoms with Crippen LogP contribution in [0.3, 0.4) is 0 Å². The first-order valence-electron chi connectivity index (χ1n) is 8.07. The molecule has 3 aromatic heterocycles. The van der Waals surface area contributed by atoms with Gasteiger partial charge in [0.1, 0.15) is 5.69 Å². The molecule has 0 N–H and O–H groups in total. The smallest absolute Gasteiger partial charge is 0.433 e. The predicted molar refractivity (Wildman–Crippen MR) is 87.6 cm³/mol. The third-order valence-corrected chi connectivity index (χ3v) is 4.11. The Bertz CT molecular complexity index is 1210. The summed E-state index contributed by atoms with van der Waals surface area (Å²) in [6, 6.07) is 7.38. The zero-order valence-corrected chi connectivity index (χ0v) is 14.2. The second-order valence-electron chi connectivity index (χ2n) is 6.06. The van der Waals surface area contributed by atoms with E-state index in [-0.39, 0.29) is 35.6 Å². The Kier molecular flexibility index (Phi) is 3.36. The van der Waals surface area contributed by atoms with E-state index in [0.717, 1.165) is 6.07 Å². The van der Waals surface area contributed by atoms with E-state index in [9.17, 15) is 13.2 Å². The van der Waals surface area contributed by atoms with Crippen molar-refractivity contribution in [2.24, 2.45) is 0 Å². The van der Waals surface area contributed by atoms with Gasteiger partial charge in [-0.25, -0.2) is 9.50 Å². The maximum absolute atomic E-state index is 13.3. The average Bonchev–Trinajstić information content (AvgIpc) is 3.37. The van der Waals surface area contributed by atoms with Crippen molar-refractivity contribution < 1.29 is 27.1 Å². The van der Waals surface area contributed by atoms with Crippen LogP contribution in [0.5, 0.6) is 11.5 Å². The fourth-order valence-corrected chi connectivity index (χ4v) is 2.88. The van der Waals surface area contributed by atoms with Gasteiger partial charge in [0.15, 0.2) is 22.8 Å². The molecule has 0 spiro atoms. The van der Waals surface area contributed by atoms with Crippen LogP contribution in [-0.4, -0.2) is 31.6 Å². The second-order valence-corrected chi connectivity index (χ2v) is 6.06. The molecule has 5 rings (SSSR count). The number of fused-ring (bicyclic) bond motifs is 2. The van der Waals surface area contributed by atoms with Crippen LogP contribution in [0.1, 0.15) is 11.4 Å². The number of aromatic nitrogens is 5. The zero-order valence-electron chi connectivity index (χ0n) is 14.2. The molecule has 0 saturated carbocycles. The Balaban J connectivity index is 1.56. The molecule has 4 aromatic rings. The highest BCUT2D eigenvalue weighted by atomic mass is 19.4. The lowest BCUT2D eigenvalue weighted by atomic mass is 10.2. The third kappa shape index (κ3) is 2.63. The summed E-state index contributed by atoms with van der Waals surface area (Å²) >= 11 is 0. The Labute approximate surface area is 154 Å². The summed E-state index contributed by atoms with van der Waals surface area (Å²) in [7, 11) is 0. The van der Waals surface area contributed by atoms with Crippen LogP contribution >= 0.6 is 0 Å². The molecule has 1 aliphatic rings.